The van der Waals surface area contributed by atoms with Crippen LogP contribution in [0.1, 0.15) is 31.9 Å². The van der Waals surface area contributed by atoms with Crippen LogP contribution in [0.15, 0.2) is 22.7 Å². The molecule has 1 aromatic carbocycles. The first-order chi connectivity index (χ1) is 7.98. The SMILES string of the molecule is CCC(C)(C#N)C(O)c1cc(OC)ccc1Br. The second kappa shape index (κ2) is 5.52. The van der Waals surface area contributed by atoms with Gasteiger partial charge in [-0.3, -0.25) is 0 Å². The van der Waals surface area contributed by atoms with E-state index in [1.54, 1.807) is 26.2 Å². The molecule has 0 saturated heterocycles. The third-order valence-corrected chi connectivity index (χ3v) is 3.81. The van der Waals surface area contributed by atoms with Crippen molar-refractivity contribution in [2.45, 2.75) is 26.4 Å². The number of hydrogen-bond acceptors (Lipinski definition) is 3. The molecule has 1 N–H and O–H groups in total. The molecular weight excluding hydrogens is 282 g/mol. The Kier molecular flexibility index (Phi) is 4.55. The third kappa shape index (κ3) is 2.80. The minimum absolute atomic E-state index is 0.578. The topological polar surface area (TPSA) is 53.2 Å². The summed E-state index contributed by atoms with van der Waals surface area (Å²) >= 11 is 3.39. The predicted molar refractivity (Wildman–Crippen MR) is 69.7 cm³/mol. The molecule has 3 nitrogen and oxygen atoms in total. The van der Waals surface area contributed by atoms with Crippen molar-refractivity contribution in [3.05, 3.63) is 28.2 Å². The van der Waals surface area contributed by atoms with Crippen molar-refractivity contribution in [1.82, 2.24) is 0 Å². The van der Waals surface area contributed by atoms with Crippen LogP contribution < -0.4 is 4.74 Å². The van der Waals surface area contributed by atoms with Crippen LogP contribution in [0.5, 0.6) is 5.75 Å². The summed E-state index contributed by atoms with van der Waals surface area (Å²) in [6.07, 6.45) is -0.268. The van der Waals surface area contributed by atoms with Gasteiger partial charge in [-0.2, -0.15) is 5.26 Å². The van der Waals surface area contributed by atoms with Crippen molar-refractivity contribution in [2.24, 2.45) is 5.41 Å². The molecule has 0 bridgehead atoms. The van der Waals surface area contributed by atoms with Gasteiger partial charge in [0.25, 0.3) is 0 Å². The van der Waals surface area contributed by atoms with E-state index in [0.29, 0.717) is 17.7 Å². The van der Waals surface area contributed by atoms with Crippen LogP contribution >= 0.6 is 15.9 Å². The Labute approximate surface area is 110 Å². The van der Waals surface area contributed by atoms with Gasteiger partial charge in [0.05, 0.1) is 24.7 Å². The predicted octanol–water partition coefficient (Wildman–Crippen LogP) is 3.43. The Morgan fingerprint density at radius 1 is 1.59 bits per heavy atom. The molecule has 4 heteroatoms. The van der Waals surface area contributed by atoms with Gasteiger partial charge in [-0.05, 0) is 37.1 Å². The second-order valence-electron chi connectivity index (χ2n) is 4.17. The van der Waals surface area contributed by atoms with Crippen LogP contribution in [-0.4, -0.2) is 12.2 Å². The van der Waals surface area contributed by atoms with Crippen LogP contribution in [0.4, 0.5) is 0 Å². The maximum Gasteiger partial charge on any atom is 0.119 e. The lowest BCUT2D eigenvalue weighted by atomic mass is 9.80. The van der Waals surface area contributed by atoms with Gasteiger partial charge in [0.2, 0.25) is 0 Å². The first-order valence-corrected chi connectivity index (χ1v) is 6.20. The van der Waals surface area contributed by atoms with Crippen molar-refractivity contribution in [3.63, 3.8) is 0 Å². The largest absolute Gasteiger partial charge is 0.497 e. The zero-order valence-corrected chi connectivity index (χ0v) is 11.8. The zero-order valence-electron chi connectivity index (χ0n) is 10.2. The summed E-state index contributed by atoms with van der Waals surface area (Å²) in [4.78, 5) is 0. The van der Waals surface area contributed by atoms with Gasteiger partial charge in [-0.1, -0.05) is 22.9 Å². The number of halogens is 1. The second-order valence-corrected chi connectivity index (χ2v) is 5.03. The van der Waals surface area contributed by atoms with Crippen molar-refractivity contribution < 1.29 is 9.84 Å². The van der Waals surface area contributed by atoms with Crippen molar-refractivity contribution in [2.75, 3.05) is 7.11 Å². The van der Waals surface area contributed by atoms with E-state index in [0.717, 1.165) is 4.47 Å². The highest BCUT2D eigenvalue weighted by Crippen LogP contribution is 2.40. The maximum atomic E-state index is 10.3. The molecule has 1 aromatic rings. The van der Waals surface area contributed by atoms with Gasteiger partial charge < -0.3 is 9.84 Å². The van der Waals surface area contributed by atoms with E-state index < -0.39 is 11.5 Å². The highest BCUT2D eigenvalue weighted by Gasteiger charge is 2.33. The maximum absolute atomic E-state index is 10.3. The standard InChI is InChI=1S/C13H16BrNO2/c1-4-13(2,8-15)12(16)10-7-9(17-3)5-6-11(10)14/h5-7,12,16H,4H2,1-3H3. The van der Waals surface area contributed by atoms with Crippen LogP contribution in [0.3, 0.4) is 0 Å². The molecule has 1 rings (SSSR count). The molecule has 0 heterocycles. The molecule has 0 amide bonds. The van der Waals surface area contributed by atoms with Crippen LogP contribution in [0.2, 0.25) is 0 Å². The number of nitriles is 1. The van der Waals surface area contributed by atoms with Gasteiger partial charge in [0.15, 0.2) is 0 Å². The highest BCUT2D eigenvalue weighted by atomic mass is 79.9. The number of nitrogens with zero attached hydrogens (tertiary/aromatic N) is 1. The molecule has 0 spiro atoms. The number of hydrogen-bond donors (Lipinski definition) is 1. The molecule has 0 aliphatic carbocycles. The Hall–Kier alpha value is -1.05. The quantitative estimate of drug-likeness (QED) is 0.926. The summed E-state index contributed by atoms with van der Waals surface area (Å²) in [5, 5.41) is 19.5. The molecule has 0 saturated carbocycles. The van der Waals surface area contributed by atoms with Gasteiger partial charge >= 0.3 is 0 Å². The number of aliphatic hydroxyl groups excluding tert-OH is 1. The molecule has 0 aromatic heterocycles. The van der Waals surface area contributed by atoms with Gasteiger partial charge in [0, 0.05) is 4.47 Å². The van der Waals surface area contributed by atoms with E-state index in [2.05, 4.69) is 22.0 Å². The molecule has 2 unspecified atom stereocenters. The lowest BCUT2D eigenvalue weighted by molar-refractivity contribution is 0.0714. The van der Waals surface area contributed by atoms with E-state index in [9.17, 15) is 10.4 Å². The molecule has 17 heavy (non-hydrogen) atoms. The fourth-order valence-corrected chi connectivity index (χ4v) is 2.00. The normalized spacial score (nSPS) is 15.8. The van der Waals surface area contributed by atoms with E-state index in [1.807, 2.05) is 13.0 Å². The Morgan fingerprint density at radius 2 is 2.24 bits per heavy atom. The number of aliphatic hydroxyl groups is 1. The molecule has 92 valence electrons. The number of rotatable bonds is 4. The van der Waals surface area contributed by atoms with Gasteiger partial charge in [-0.25, -0.2) is 0 Å². The minimum atomic E-state index is -0.845. The summed E-state index contributed by atoms with van der Waals surface area (Å²) < 4.78 is 5.90. The zero-order chi connectivity index (χ0) is 13.1. The van der Waals surface area contributed by atoms with Crippen molar-refractivity contribution >= 4 is 15.9 Å². The molecule has 2 atom stereocenters. The first kappa shape index (κ1) is 14.0. The Balaban J connectivity index is 3.20. The fraction of sp³-hybridized carbons (Fsp3) is 0.462. The lowest BCUT2D eigenvalue weighted by Gasteiger charge is -2.27. The number of methoxy groups -OCH3 is 1. The third-order valence-electron chi connectivity index (χ3n) is 3.09. The fourth-order valence-electron chi connectivity index (χ4n) is 1.54. The summed E-state index contributed by atoms with van der Waals surface area (Å²) in [5.74, 6) is 0.665. The lowest BCUT2D eigenvalue weighted by Crippen LogP contribution is -2.23. The highest BCUT2D eigenvalue weighted by molar-refractivity contribution is 9.10. The average molecular weight is 298 g/mol. The molecule has 0 aliphatic rings. The summed E-state index contributed by atoms with van der Waals surface area (Å²) in [6, 6.07) is 7.54. The molecular formula is C13H16BrNO2. The number of ether oxygens (including phenoxy) is 1. The Morgan fingerprint density at radius 3 is 2.71 bits per heavy atom. The summed E-state index contributed by atoms with van der Waals surface area (Å²) in [6.45, 7) is 3.64. The Bertz CT molecular complexity index is 442. The minimum Gasteiger partial charge on any atom is -0.497 e. The first-order valence-electron chi connectivity index (χ1n) is 5.41. The molecule has 0 radical (unpaired) electrons. The van der Waals surface area contributed by atoms with Crippen LogP contribution in [-0.2, 0) is 0 Å². The summed E-state index contributed by atoms with van der Waals surface area (Å²) in [7, 11) is 1.57. The van der Waals surface area contributed by atoms with E-state index in [4.69, 9.17) is 4.74 Å². The van der Waals surface area contributed by atoms with E-state index in [1.165, 1.54) is 0 Å². The summed E-state index contributed by atoms with van der Waals surface area (Å²) in [5.41, 5.74) is -0.121. The van der Waals surface area contributed by atoms with Gasteiger partial charge in [0.1, 0.15) is 5.75 Å². The monoisotopic (exact) mass is 297 g/mol. The smallest absolute Gasteiger partial charge is 0.119 e. The van der Waals surface area contributed by atoms with Crippen LogP contribution in [0, 0.1) is 16.7 Å². The van der Waals surface area contributed by atoms with E-state index >= 15 is 0 Å². The molecule has 0 fully saturated rings. The van der Waals surface area contributed by atoms with Crippen molar-refractivity contribution in [3.8, 4) is 11.8 Å². The van der Waals surface area contributed by atoms with Gasteiger partial charge in [-0.15, -0.1) is 0 Å². The van der Waals surface area contributed by atoms with Crippen molar-refractivity contribution in [1.29, 1.82) is 5.26 Å². The number of benzene rings is 1. The molecule has 0 aliphatic heterocycles. The average Bonchev–Trinajstić information content (AvgIpc) is 2.37. The van der Waals surface area contributed by atoms with Crippen LogP contribution in [0.25, 0.3) is 0 Å². The van der Waals surface area contributed by atoms with E-state index in [-0.39, 0.29) is 0 Å².